The summed E-state index contributed by atoms with van der Waals surface area (Å²) in [4.78, 5) is 15.3. The highest BCUT2D eigenvalue weighted by atomic mass is 35.5. The molecule has 0 saturated carbocycles. The molecule has 4 rings (SSSR count). The van der Waals surface area contributed by atoms with Crippen LogP contribution in [0.4, 0.5) is 0 Å². The number of fused-ring (bicyclic) bond motifs is 1. The first-order valence-corrected chi connectivity index (χ1v) is 13.5. The number of amides is 1. The summed E-state index contributed by atoms with van der Waals surface area (Å²) in [6, 6.07) is 12.4. The molecule has 0 radical (unpaired) electrons. The lowest BCUT2D eigenvalue weighted by molar-refractivity contribution is 0.0601. The molecule has 198 valence electrons. The van der Waals surface area contributed by atoms with Gasteiger partial charge in [0.15, 0.2) is 0 Å². The number of hydrogen-bond donors (Lipinski definition) is 2. The zero-order chi connectivity index (χ0) is 26.4. The SMILES string of the molecule is CCCCCCOc1ccc(C2c3c(-c4cc(Cl)ccc4O)n[nH]c3C(=O)N2CCCOC(C)C)cc1. The molecule has 2 N–H and O–H groups in total. The number of unbranched alkanes of at least 4 members (excludes halogenated alkanes) is 3. The quantitative estimate of drug-likeness (QED) is 0.241. The third-order valence-electron chi connectivity index (χ3n) is 6.53. The number of rotatable bonds is 13. The Morgan fingerprint density at radius 1 is 1.08 bits per heavy atom. The average Bonchev–Trinajstić information content (AvgIpc) is 3.42. The number of carbonyl (C=O) groups excluding carboxylic acids is 1. The van der Waals surface area contributed by atoms with Crippen molar-refractivity contribution in [3.63, 3.8) is 0 Å². The van der Waals surface area contributed by atoms with Gasteiger partial charge in [0.2, 0.25) is 0 Å². The molecule has 1 amide bonds. The lowest BCUT2D eigenvalue weighted by atomic mass is 9.95. The number of aromatic nitrogens is 2. The van der Waals surface area contributed by atoms with Gasteiger partial charge in [-0.05, 0) is 62.6 Å². The number of ether oxygens (including phenoxy) is 2. The maximum absolute atomic E-state index is 13.5. The van der Waals surface area contributed by atoms with Crippen LogP contribution in [-0.2, 0) is 4.74 Å². The first-order valence-electron chi connectivity index (χ1n) is 13.1. The van der Waals surface area contributed by atoms with Gasteiger partial charge >= 0.3 is 0 Å². The van der Waals surface area contributed by atoms with Crippen LogP contribution in [0.3, 0.4) is 0 Å². The number of nitrogens with zero attached hydrogens (tertiary/aromatic N) is 2. The van der Waals surface area contributed by atoms with E-state index in [0.717, 1.165) is 29.7 Å². The average molecular weight is 526 g/mol. The number of phenolic OH excluding ortho intramolecular Hbond substituents is 1. The fourth-order valence-electron chi connectivity index (χ4n) is 4.70. The number of aromatic hydroxyl groups is 1. The first-order chi connectivity index (χ1) is 17.9. The van der Waals surface area contributed by atoms with Crippen LogP contribution in [0.25, 0.3) is 11.3 Å². The Balaban J connectivity index is 1.63. The van der Waals surface area contributed by atoms with Crippen molar-refractivity contribution in [3.05, 3.63) is 64.3 Å². The third kappa shape index (κ3) is 6.28. The number of carbonyl (C=O) groups is 1. The monoisotopic (exact) mass is 525 g/mol. The molecule has 1 aliphatic rings. The van der Waals surface area contributed by atoms with Gasteiger partial charge in [0.1, 0.15) is 22.9 Å². The largest absolute Gasteiger partial charge is 0.507 e. The van der Waals surface area contributed by atoms with Crippen molar-refractivity contribution in [1.29, 1.82) is 0 Å². The fraction of sp³-hybridized carbons (Fsp3) is 0.448. The van der Waals surface area contributed by atoms with E-state index < -0.39 is 0 Å². The van der Waals surface area contributed by atoms with Gasteiger partial charge in [0.05, 0.1) is 18.8 Å². The molecule has 1 aromatic heterocycles. The van der Waals surface area contributed by atoms with E-state index in [9.17, 15) is 9.90 Å². The van der Waals surface area contributed by atoms with E-state index in [1.54, 1.807) is 12.1 Å². The normalized spacial score (nSPS) is 15.0. The molecule has 1 aliphatic heterocycles. The molecule has 2 heterocycles. The van der Waals surface area contributed by atoms with E-state index in [1.165, 1.54) is 18.9 Å². The number of benzene rings is 2. The number of aromatic amines is 1. The molecule has 2 aromatic carbocycles. The van der Waals surface area contributed by atoms with E-state index in [-0.39, 0.29) is 23.8 Å². The molecule has 0 fully saturated rings. The zero-order valence-corrected chi connectivity index (χ0v) is 22.6. The number of nitrogens with one attached hydrogen (secondary N) is 1. The summed E-state index contributed by atoms with van der Waals surface area (Å²) < 4.78 is 11.6. The highest BCUT2D eigenvalue weighted by Gasteiger charge is 2.42. The Labute approximate surface area is 223 Å². The number of H-pyrrole nitrogens is 1. The molecule has 0 spiro atoms. The Kier molecular flexibility index (Phi) is 9.11. The van der Waals surface area contributed by atoms with Crippen LogP contribution in [0.15, 0.2) is 42.5 Å². The maximum atomic E-state index is 13.5. The summed E-state index contributed by atoms with van der Waals surface area (Å²) >= 11 is 6.24. The summed E-state index contributed by atoms with van der Waals surface area (Å²) in [5.74, 6) is 0.739. The van der Waals surface area contributed by atoms with Gasteiger partial charge in [0.25, 0.3) is 5.91 Å². The highest BCUT2D eigenvalue weighted by Crippen LogP contribution is 2.45. The van der Waals surface area contributed by atoms with Crippen molar-refractivity contribution in [2.45, 2.75) is 65.0 Å². The molecular weight excluding hydrogens is 490 g/mol. The molecule has 1 unspecified atom stereocenters. The molecular formula is C29H36ClN3O4. The predicted octanol–water partition coefficient (Wildman–Crippen LogP) is 6.76. The molecule has 0 bridgehead atoms. The number of hydrogen-bond acceptors (Lipinski definition) is 5. The first kappa shape index (κ1) is 27.0. The second kappa shape index (κ2) is 12.5. The number of halogens is 1. The van der Waals surface area contributed by atoms with Gasteiger partial charge in [-0.3, -0.25) is 9.89 Å². The summed E-state index contributed by atoms with van der Waals surface area (Å²) in [7, 11) is 0. The topological polar surface area (TPSA) is 87.7 Å². The second-order valence-electron chi connectivity index (χ2n) is 9.67. The number of phenols is 1. The predicted molar refractivity (Wildman–Crippen MR) is 145 cm³/mol. The lowest BCUT2D eigenvalue weighted by Gasteiger charge is -2.27. The Morgan fingerprint density at radius 2 is 1.86 bits per heavy atom. The summed E-state index contributed by atoms with van der Waals surface area (Å²) in [5, 5.41) is 18.4. The lowest BCUT2D eigenvalue weighted by Crippen LogP contribution is -2.31. The maximum Gasteiger partial charge on any atom is 0.273 e. The minimum atomic E-state index is -0.368. The van der Waals surface area contributed by atoms with Gasteiger partial charge in [-0.15, -0.1) is 0 Å². The molecule has 1 atom stereocenters. The van der Waals surface area contributed by atoms with Gasteiger partial charge < -0.3 is 19.5 Å². The molecule has 0 aliphatic carbocycles. The van der Waals surface area contributed by atoms with Crippen LogP contribution in [0, 0.1) is 0 Å². The van der Waals surface area contributed by atoms with Crippen LogP contribution in [0.5, 0.6) is 11.5 Å². The van der Waals surface area contributed by atoms with Crippen LogP contribution in [0.1, 0.15) is 80.5 Å². The van der Waals surface area contributed by atoms with Crippen LogP contribution in [-0.4, -0.2) is 52.0 Å². The smallest absolute Gasteiger partial charge is 0.273 e. The van der Waals surface area contributed by atoms with E-state index in [2.05, 4.69) is 17.1 Å². The molecule has 8 heteroatoms. The van der Waals surface area contributed by atoms with Crippen molar-refractivity contribution in [3.8, 4) is 22.8 Å². The third-order valence-corrected chi connectivity index (χ3v) is 6.77. The van der Waals surface area contributed by atoms with Crippen molar-refractivity contribution in [2.24, 2.45) is 0 Å². The Hall–Kier alpha value is -3.03. The van der Waals surface area contributed by atoms with Crippen molar-refractivity contribution in [1.82, 2.24) is 15.1 Å². The van der Waals surface area contributed by atoms with Crippen LogP contribution in [0.2, 0.25) is 5.02 Å². The van der Waals surface area contributed by atoms with Crippen LogP contribution >= 0.6 is 11.6 Å². The molecule has 3 aromatic rings. The van der Waals surface area contributed by atoms with Gasteiger partial charge in [-0.1, -0.05) is 49.9 Å². The Morgan fingerprint density at radius 3 is 2.59 bits per heavy atom. The van der Waals surface area contributed by atoms with Gasteiger partial charge in [-0.25, -0.2) is 0 Å². The second-order valence-corrected chi connectivity index (χ2v) is 10.1. The van der Waals surface area contributed by atoms with Gasteiger partial charge in [-0.2, -0.15) is 5.10 Å². The summed E-state index contributed by atoms with van der Waals surface area (Å²) in [6.45, 7) is 7.96. The molecule has 7 nitrogen and oxygen atoms in total. The van der Waals surface area contributed by atoms with Crippen molar-refractivity contribution in [2.75, 3.05) is 19.8 Å². The minimum Gasteiger partial charge on any atom is -0.507 e. The van der Waals surface area contributed by atoms with Crippen LogP contribution < -0.4 is 4.74 Å². The zero-order valence-electron chi connectivity index (χ0n) is 21.8. The van der Waals surface area contributed by atoms with E-state index in [4.69, 9.17) is 21.1 Å². The summed E-state index contributed by atoms with van der Waals surface area (Å²) in [6.07, 6.45) is 5.44. The fourth-order valence-corrected chi connectivity index (χ4v) is 4.87. The van der Waals surface area contributed by atoms with Gasteiger partial charge in [0, 0.05) is 29.3 Å². The minimum absolute atomic E-state index is 0.0560. The Bertz CT molecular complexity index is 1190. The van der Waals surface area contributed by atoms with Crippen molar-refractivity contribution < 1.29 is 19.4 Å². The summed E-state index contributed by atoms with van der Waals surface area (Å²) in [5.41, 5.74) is 3.12. The van der Waals surface area contributed by atoms with E-state index >= 15 is 0 Å². The molecule has 37 heavy (non-hydrogen) atoms. The van der Waals surface area contributed by atoms with Crippen molar-refractivity contribution >= 4 is 17.5 Å². The van der Waals surface area contributed by atoms with E-state index in [0.29, 0.717) is 48.2 Å². The van der Waals surface area contributed by atoms with E-state index in [1.807, 2.05) is 43.0 Å². The standard InChI is InChI=1S/C29H36ClN3O4/c1-4-5-6-7-16-37-22-12-9-20(10-13-22)28-25-26(23-18-21(30)11-14-24(23)34)31-32-27(25)29(35)33(28)15-8-17-36-19(2)3/h9-14,18-19,28,34H,4-8,15-17H2,1-3H3,(H,31,32). The highest BCUT2D eigenvalue weighted by molar-refractivity contribution is 6.31. The molecule has 0 saturated heterocycles.